The number of carbonyl (C=O) groups is 2. The fourth-order valence-electron chi connectivity index (χ4n) is 1.37. The highest BCUT2D eigenvalue weighted by Crippen LogP contribution is 2.13. The molecule has 0 fully saturated rings. The summed E-state index contributed by atoms with van der Waals surface area (Å²) in [6.45, 7) is 0. The van der Waals surface area contributed by atoms with Gasteiger partial charge < -0.3 is 14.9 Å². The lowest BCUT2D eigenvalue weighted by molar-refractivity contribution is 0.0599. The summed E-state index contributed by atoms with van der Waals surface area (Å²) in [4.78, 5) is 21.3. The summed E-state index contributed by atoms with van der Waals surface area (Å²) in [5.74, 6) is -2.21. The molecule has 4 N–H and O–H groups in total. The number of hydrogen-bond acceptors (Lipinski definition) is 6. The van der Waals surface area contributed by atoms with Crippen LogP contribution in [0, 0.1) is 18.8 Å². The minimum atomic E-state index is -4.67. The van der Waals surface area contributed by atoms with E-state index in [1.54, 1.807) is 22.6 Å². The van der Waals surface area contributed by atoms with Crippen LogP contribution in [0.2, 0.25) is 0 Å². The first kappa shape index (κ1) is 30.7. The highest BCUT2D eigenvalue weighted by molar-refractivity contribution is 14.1. The molecule has 0 heterocycles. The van der Waals surface area contributed by atoms with Crippen molar-refractivity contribution in [2.75, 3.05) is 14.2 Å². The predicted octanol–water partition coefficient (Wildman–Crippen LogP) is 3.30. The minimum Gasteiger partial charge on any atom is -0.478 e. The Bertz CT molecular complexity index is 946. The van der Waals surface area contributed by atoms with E-state index in [9.17, 15) is 18.4 Å². The quantitative estimate of drug-likeness (QED) is 0.213. The van der Waals surface area contributed by atoms with Gasteiger partial charge in [-0.3, -0.25) is 9.11 Å². The van der Waals surface area contributed by atoms with Crippen LogP contribution in [0.15, 0.2) is 36.4 Å². The molecule has 0 saturated heterocycles. The van der Waals surface area contributed by atoms with Crippen molar-refractivity contribution in [1.82, 2.24) is 0 Å². The van der Waals surface area contributed by atoms with Gasteiger partial charge in [-0.15, -0.1) is 0 Å². The number of halogens is 4. The summed E-state index contributed by atoms with van der Waals surface area (Å²) >= 11 is 3.56. The van der Waals surface area contributed by atoms with Gasteiger partial charge in [0.15, 0.2) is 0 Å². The summed E-state index contributed by atoms with van der Waals surface area (Å²) in [7, 11) is -2.38. The largest absolute Gasteiger partial charge is 0.478 e. The molecule has 0 amide bonds. The topological polar surface area (TPSA) is 158 Å². The second kappa shape index (κ2) is 15.3. The number of hydrogen-bond donors (Lipinski definition) is 4. The lowest BCUT2D eigenvalue weighted by Crippen LogP contribution is -2.01. The number of esters is 1. The molecule has 0 saturated carbocycles. The van der Waals surface area contributed by atoms with Gasteiger partial charge in [0.25, 0.3) is 0 Å². The number of rotatable bonds is 2. The first-order valence-corrected chi connectivity index (χ1v) is 10.7. The zero-order valence-corrected chi connectivity index (χ0v) is 20.3. The van der Waals surface area contributed by atoms with Crippen molar-refractivity contribution in [3.05, 3.63) is 66.3 Å². The standard InChI is InChI=1S/C8H6FIO2.C7H4FIO2.CH4O.H2O4S/c1-12-8(11)5-2-3-6(9)7(10)4-5;8-5-2-1-4(7(10)11)3-6(5)9;1-2;1-5(2,3)4/h2-4H,1H3;1-3H,(H,10,11);2H,1H3;(H2,1,2,3,4). The van der Waals surface area contributed by atoms with Gasteiger partial charge in [0.05, 0.1) is 18.2 Å². The zero-order valence-electron chi connectivity index (χ0n) is 15.2. The monoisotopic (exact) mass is 676 g/mol. The Balaban J connectivity index is 0. The molecule has 0 aliphatic carbocycles. The van der Waals surface area contributed by atoms with E-state index in [4.69, 9.17) is 27.7 Å². The van der Waals surface area contributed by atoms with E-state index in [1.165, 1.54) is 37.4 Å². The number of methoxy groups -OCH3 is 1. The second-order valence-corrected chi connectivity index (χ2v) is 7.72. The minimum absolute atomic E-state index is 0.107. The third kappa shape index (κ3) is 14.5. The summed E-state index contributed by atoms with van der Waals surface area (Å²) in [5, 5.41) is 15.5. The SMILES string of the molecule is CO.COC(=O)c1ccc(F)c(I)c1.O=C(O)c1ccc(F)c(I)c1.O=S(=O)(O)O. The van der Waals surface area contributed by atoms with Gasteiger partial charge in [-0.05, 0) is 81.6 Å². The van der Waals surface area contributed by atoms with E-state index >= 15 is 0 Å². The van der Waals surface area contributed by atoms with Crippen LogP contribution in [0.5, 0.6) is 0 Å². The highest BCUT2D eigenvalue weighted by atomic mass is 127. The molecule has 0 bridgehead atoms. The third-order valence-corrected chi connectivity index (χ3v) is 4.16. The van der Waals surface area contributed by atoms with E-state index < -0.39 is 28.2 Å². The molecule has 0 aromatic heterocycles. The van der Waals surface area contributed by atoms with Gasteiger partial charge >= 0.3 is 22.3 Å². The maximum Gasteiger partial charge on any atom is 0.394 e. The summed E-state index contributed by atoms with van der Waals surface area (Å²) in [6.07, 6.45) is 0. The summed E-state index contributed by atoms with van der Waals surface area (Å²) in [5.41, 5.74) is 0.471. The number of carboxylic acid groups (broad SMARTS) is 1. The maximum atomic E-state index is 12.7. The molecule has 2 aromatic rings. The molecule has 2 rings (SSSR count). The molecule has 168 valence electrons. The Morgan fingerprint density at radius 2 is 1.23 bits per heavy atom. The van der Waals surface area contributed by atoms with E-state index in [-0.39, 0.29) is 11.4 Å². The van der Waals surface area contributed by atoms with Crippen LogP contribution < -0.4 is 0 Å². The van der Waals surface area contributed by atoms with Crippen LogP contribution in [0.4, 0.5) is 8.78 Å². The Morgan fingerprint density at radius 3 is 1.53 bits per heavy atom. The van der Waals surface area contributed by atoms with Crippen LogP contribution in [0.3, 0.4) is 0 Å². The Morgan fingerprint density at radius 1 is 0.900 bits per heavy atom. The molecule has 0 radical (unpaired) electrons. The number of aliphatic hydroxyl groups excluding tert-OH is 1. The Labute approximate surface area is 197 Å². The number of aliphatic hydroxyl groups is 1. The van der Waals surface area contributed by atoms with Crippen LogP contribution in [-0.2, 0) is 15.1 Å². The fourth-order valence-corrected chi connectivity index (χ4v) is 2.40. The van der Waals surface area contributed by atoms with Crippen molar-refractivity contribution >= 4 is 67.5 Å². The van der Waals surface area contributed by atoms with Gasteiger partial charge in [0, 0.05) is 14.3 Å². The van der Waals surface area contributed by atoms with Gasteiger partial charge in [-0.1, -0.05) is 0 Å². The van der Waals surface area contributed by atoms with Crippen LogP contribution in [-0.4, -0.2) is 53.9 Å². The van der Waals surface area contributed by atoms with Gasteiger partial charge in [0.1, 0.15) is 11.6 Å². The van der Waals surface area contributed by atoms with E-state index in [0.29, 0.717) is 12.7 Å². The van der Waals surface area contributed by atoms with Crippen LogP contribution in [0.1, 0.15) is 20.7 Å². The van der Waals surface area contributed by atoms with Crippen molar-refractivity contribution in [2.24, 2.45) is 0 Å². The molecule has 2 aromatic carbocycles. The molecule has 0 aliphatic rings. The van der Waals surface area contributed by atoms with Crippen molar-refractivity contribution in [3.63, 3.8) is 0 Å². The first-order valence-electron chi connectivity index (χ1n) is 7.12. The number of ether oxygens (including phenoxy) is 1. The molecular formula is C16H16F2I2O9S. The van der Waals surface area contributed by atoms with E-state index in [0.717, 1.165) is 13.2 Å². The van der Waals surface area contributed by atoms with Crippen molar-refractivity contribution in [3.8, 4) is 0 Å². The van der Waals surface area contributed by atoms with Crippen LogP contribution in [0.25, 0.3) is 0 Å². The number of aromatic carboxylic acids is 1. The van der Waals surface area contributed by atoms with Gasteiger partial charge in [0.2, 0.25) is 0 Å². The van der Waals surface area contributed by atoms with Crippen molar-refractivity contribution in [1.29, 1.82) is 0 Å². The highest BCUT2D eigenvalue weighted by Gasteiger charge is 2.07. The van der Waals surface area contributed by atoms with Crippen molar-refractivity contribution < 1.29 is 50.8 Å². The van der Waals surface area contributed by atoms with Gasteiger partial charge in [-0.2, -0.15) is 8.42 Å². The molecule has 30 heavy (non-hydrogen) atoms. The number of carbonyl (C=O) groups excluding carboxylic acids is 1. The molecular weight excluding hydrogens is 660 g/mol. The second-order valence-electron chi connectivity index (χ2n) is 4.50. The van der Waals surface area contributed by atoms with Gasteiger partial charge in [-0.25, -0.2) is 18.4 Å². The molecule has 0 spiro atoms. The Kier molecular flexibility index (Phi) is 15.7. The fraction of sp³-hybridized carbons (Fsp3) is 0.125. The average molecular weight is 676 g/mol. The normalized spacial score (nSPS) is 9.50. The average Bonchev–Trinajstić information content (AvgIpc) is 2.66. The molecule has 9 nitrogen and oxygen atoms in total. The van der Waals surface area contributed by atoms with E-state index in [2.05, 4.69) is 4.74 Å². The lowest BCUT2D eigenvalue weighted by Gasteiger charge is -1.99. The Hall–Kier alpha value is -1.47. The van der Waals surface area contributed by atoms with Crippen molar-refractivity contribution in [2.45, 2.75) is 0 Å². The third-order valence-electron chi connectivity index (χ3n) is 2.51. The lowest BCUT2D eigenvalue weighted by atomic mass is 10.2. The van der Waals surface area contributed by atoms with E-state index in [1.807, 2.05) is 22.6 Å². The van der Waals surface area contributed by atoms with Crippen LogP contribution >= 0.6 is 45.2 Å². The molecule has 0 atom stereocenters. The number of carboxylic acids is 1. The predicted molar refractivity (Wildman–Crippen MR) is 119 cm³/mol. The molecule has 0 aliphatic heterocycles. The smallest absolute Gasteiger partial charge is 0.394 e. The molecule has 0 unspecified atom stereocenters. The summed E-state index contributed by atoms with van der Waals surface area (Å²) < 4.78 is 62.1. The molecule has 14 heteroatoms. The number of benzene rings is 2. The first-order chi connectivity index (χ1) is 13.8. The summed E-state index contributed by atoms with van der Waals surface area (Å²) in [6, 6.07) is 7.75. The maximum absolute atomic E-state index is 12.7. The zero-order chi connectivity index (χ0) is 24.1.